The highest BCUT2D eigenvalue weighted by Gasteiger charge is 2.53. The van der Waals surface area contributed by atoms with Gasteiger partial charge in [0.2, 0.25) is 0 Å². The van der Waals surface area contributed by atoms with E-state index in [4.69, 9.17) is 0 Å². The molecular formula is C13H12N2O2. The number of hydrogen-bond donors (Lipinski definition) is 2. The summed E-state index contributed by atoms with van der Waals surface area (Å²) >= 11 is 0. The predicted octanol–water partition coefficient (Wildman–Crippen LogP) is 2.19. The van der Waals surface area contributed by atoms with Crippen LogP contribution in [0.15, 0.2) is 36.4 Å². The fraction of sp³-hybridized carbons (Fsp3) is 0.231. The highest BCUT2D eigenvalue weighted by molar-refractivity contribution is 5.84. The summed E-state index contributed by atoms with van der Waals surface area (Å²) in [4.78, 5) is 11.2. The number of H-pyrrole nitrogens is 1. The maximum atomic E-state index is 11.2. The Balaban J connectivity index is 1.97. The second kappa shape index (κ2) is 3.45. The summed E-state index contributed by atoms with van der Waals surface area (Å²) in [6.07, 6.45) is 1.39. The number of benzene rings is 1. The van der Waals surface area contributed by atoms with Gasteiger partial charge in [0.05, 0.1) is 11.4 Å². The molecule has 2 aromatic rings. The second-order valence-electron chi connectivity index (χ2n) is 4.42. The SMILES string of the molecule is O=C(O)C1(c2cc(-c3ccccc3)n[nH]2)CC1. The van der Waals surface area contributed by atoms with Crippen LogP contribution in [0, 0.1) is 0 Å². The number of nitrogens with one attached hydrogen (secondary N) is 1. The first kappa shape index (κ1) is 10.1. The monoisotopic (exact) mass is 228 g/mol. The van der Waals surface area contributed by atoms with Crippen molar-refractivity contribution in [2.75, 3.05) is 0 Å². The molecule has 4 heteroatoms. The Morgan fingerprint density at radius 2 is 2.00 bits per heavy atom. The highest BCUT2D eigenvalue weighted by Crippen LogP contribution is 2.48. The van der Waals surface area contributed by atoms with Gasteiger partial charge < -0.3 is 5.11 Å². The van der Waals surface area contributed by atoms with Crippen molar-refractivity contribution in [1.29, 1.82) is 0 Å². The van der Waals surface area contributed by atoms with Gasteiger partial charge in [-0.05, 0) is 18.9 Å². The van der Waals surface area contributed by atoms with Crippen molar-refractivity contribution in [1.82, 2.24) is 10.2 Å². The van der Waals surface area contributed by atoms with Gasteiger partial charge in [0.25, 0.3) is 0 Å². The van der Waals surface area contributed by atoms with E-state index in [1.54, 1.807) is 0 Å². The van der Waals surface area contributed by atoms with Gasteiger partial charge in [0.1, 0.15) is 5.41 Å². The van der Waals surface area contributed by atoms with Gasteiger partial charge >= 0.3 is 5.97 Å². The van der Waals surface area contributed by atoms with Gasteiger partial charge in [-0.15, -0.1) is 0 Å². The van der Waals surface area contributed by atoms with Gasteiger partial charge in [-0.25, -0.2) is 0 Å². The average molecular weight is 228 g/mol. The minimum absolute atomic E-state index is 0.693. The Labute approximate surface area is 98.3 Å². The molecule has 2 N–H and O–H groups in total. The van der Waals surface area contributed by atoms with Crippen LogP contribution in [0.1, 0.15) is 18.5 Å². The molecule has 0 aliphatic heterocycles. The van der Waals surface area contributed by atoms with Crippen molar-refractivity contribution >= 4 is 5.97 Å². The zero-order valence-electron chi connectivity index (χ0n) is 9.18. The van der Waals surface area contributed by atoms with Crippen LogP contribution in [0.3, 0.4) is 0 Å². The third kappa shape index (κ3) is 1.53. The highest BCUT2D eigenvalue weighted by atomic mass is 16.4. The van der Waals surface area contributed by atoms with E-state index in [1.165, 1.54) is 0 Å². The summed E-state index contributed by atoms with van der Waals surface area (Å²) < 4.78 is 0. The van der Waals surface area contributed by atoms with Gasteiger partial charge in [-0.3, -0.25) is 9.89 Å². The van der Waals surface area contributed by atoms with Crippen LogP contribution in [0.4, 0.5) is 0 Å². The number of aromatic amines is 1. The Morgan fingerprint density at radius 1 is 1.29 bits per heavy atom. The van der Waals surface area contributed by atoms with Crippen LogP contribution in [-0.4, -0.2) is 21.3 Å². The third-order valence-corrected chi connectivity index (χ3v) is 3.32. The van der Waals surface area contributed by atoms with Crippen molar-refractivity contribution in [3.63, 3.8) is 0 Å². The molecule has 0 radical (unpaired) electrons. The van der Waals surface area contributed by atoms with Crippen molar-refractivity contribution < 1.29 is 9.90 Å². The van der Waals surface area contributed by atoms with Gasteiger partial charge in [0, 0.05) is 5.56 Å². The molecule has 4 nitrogen and oxygen atoms in total. The molecule has 1 saturated carbocycles. The standard InChI is InChI=1S/C13H12N2O2/c16-12(17)13(6-7-13)11-8-10(14-15-11)9-4-2-1-3-5-9/h1-5,8H,6-7H2,(H,14,15)(H,16,17). The largest absolute Gasteiger partial charge is 0.481 e. The van der Waals surface area contributed by atoms with Gasteiger partial charge in [0.15, 0.2) is 0 Å². The Kier molecular flexibility index (Phi) is 2.04. The molecule has 0 atom stereocenters. The zero-order chi connectivity index (χ0) is 11.9. The smallest absolute Gasteiger partial charge is 0.315 e. The number of nitrogens with zero attached hydrogens (tertiary/aromatic N) is 1. The first-order chi connectivity index (χ1) is 8.22. The number of carbonyl (C=O) groups is 1. The number of aromatic nitrogens is 2. The molecule has 1 fully saturated rings. The normalized spacial score (nSPS) is 16.7. The number of rotatable bonds is 3. The van der Waals surface area contributed by atoms with E-state index in [1.807, 2.05) is 36.4 Å². The molecule has 1 aliphatic carbocycles. The maximum absolute atomic E-state index is 11.2. The second-order valence-corrected chi connectivity index (χ2v) is 4.42. The molecule has 0 bridgehead atoms. The molecule has 1 aromatic heterocycles. The summed E-state index contributed by atoms with van der Waals surface area (Å²) in [7, 11) is 0. The summed E-state index contributed by atoms with van der Waals surface area (Å²) in [6, 6.07) is 11.6. The van der Waals surface area contributed by atoms with Crippen molar-refractivity contribution in [2.24, 2.45) is 0 Å². The van der Waals surface area contributed by atoms with Crippen LogP contribution in [0.25, 0.3) is 11.3 Å². The van der Waals surface area contributed by atoms with Crippen LogP contribution < -0.4 is 0 Å². The van der Waals surface area contributed by atoms with Crippen LogP contribution in [0.5, 0.6) is 0 Å². The molecule has 3 rings (SSSR count). The van der Waals surface area contributed by atoms with E-state index in [2.05, 4.69) is 10.2 Å². The number of carboxylic acid groups (broad SMARTS) is 1. The predicted molar refractivity (Wildman–Crippen MR) is 62.6 cm³/mol. The summed E-state index contributed by atoms with van der Waals surface area (Å²) in [6.45, 7) is 0. The molecule has 86 valence electrons. The Hall–Kier alpha value is -2.10. The van der Waals surface area contributed by atoms with E-state index in [9.17, 15) is 9.90 Å². The molecule has 1 aromatic carbocycles. The first-order valence-electron chi connectivity index (χ1n) is 5.57. The van der Waals surface area contributed by atoms with Crippen LogP contribution in [0.2, 0.25) is 0 Å². The molecule has 0 amide bonds. The van der Waals surface area contributed by atoms with Gasteiger partial charge in [-0.1, -0.05) is 30.3 Å². The fourth-order valence-corrected chi connectivity index (χ4v) is 2.05. The minimum Gasteiger partial charge on any atom is -0.481 e. The van der Waals surface area contributed by atoms with Crippen LogP contribution in [-0.2, 0) is 10.2 Å². The summed E-state index contributed by atoms with van der Waals surface area (Å²) in [5.41, 5.74) is 1.80. The van der Waals surface area contributed by atoms with E-state index in [-0.39, 0.29) is 0 Å². The molecule has 17 heavy (non-hydrogen) atoms. The Bertz CT molecular complexity index is 556. The average Bonchev–Trinajstić information content (AvgIpc) is 3.02. The topological polar surface area (TPSA) is 66.0 Å². The molecular weight excluding hydrogens is 216 g/mol. The lowest BCUT2D eigenvalue weighted by molar-refractivity contribution is -0.140. The lowest BCUT2D eigenvalue weighted by Crippen LogP contribution is -2.19. The van der Waals surface area contributed by atoms with Crippen molar-refractivity contribution in [3.05, 3.63) is 42.1 Å². The van der Waals surface area contributed by atoms with Crippen molar-refractivity contribution in [3.8, 4) is 11.3 Å². The first-order valence-corrected chi connectivity index (χ1v) is 5.57. The third-order valence-electron chi connectivity index (χ3n) is 3.32. The minimum atomic E-state index is -0.763. The van der Waals surface area contributed by atoms with E-state index in [0.29, 0.717) is 18.5 Å². The molecule has 0 unspecified atom stereocenters. The van der Waals surface area contributed by atoms with E-state index < -0.39 is 11.4 Å². The lowest BCUT2D eigenvalue weighted by Gasteiger charge is -2.04. The summed E-state index contributed by atoms with van der Waals surface area (Å²) in [5.74, 6) is -0.763. The summed E-state index contributed by atoms with van der Waals surface area (Å²) in [5, 5.41) is 16.2. The molecule has 1 heterocycles. The number of carboxylic acids is 1. The zero-order valence-corrected chi connectivity index (χ0v) is 9.18. The van der Waals surface area contributed by atoms with Crippen molar-refractivity contribution in [2.45, 2.75) is 18.3 Å². The Morgan fingerprint density at radius 3 is 2.59 bits per heavy atom. The molecule has 1 aliphatic rings. The lowest BCUT2D eigenvalue weighted by atomic mass is 10.0. The number of hydrogen-bond acceptors (Lipinski definition) is 2. The van der Waals surface area contributed by atoms with Gasteiger partial charge in [-0.2, -0.15) is 5.10 Å². The molecule has 0 saturated heterocycles. The fourth-order valence-electron chi connectivity index (χ4n) is 2.05. The maximum Gasteiger partial charge on any atom is 0.315 e. The van der Waals surface area contributed by atoms with E-state index in [0.717, 1.165) is 11.3 Å². The molecule has 0 spiro atoms. The van der Waals surface area contributed by atoms with Crippen LogP contribution >= 0.6 is 0 Å². The van der Waals surface area contributed by atoms with E-state index >= 15 is 0 Å². The number of aliphatic carboxylic acids is 1. The quantitative estimate of drug-likeness (QED) is 0.846.